The van der Waals surface area contributed by atoms with E-state index in [1.165, 1.54) is 21.4 Å². The first-order chi connectivity index (χ1) is 12.7. The second-order valence-corrected chi connectivity index (χ2v) is 7.46. The van der Waals surface area contributed by atoms with Gasteiger partial charge in [-0.05, 0) is 48.2 Å². The van der Waals surface area contributed by atoms with Gasteiger partial charge in [-0.2, -0.15) is 0 Å². The molecule has 4 nitrogen and oxygen atoms in total. The highest BCUT2D eigenvalue weighted by molar-refractivity contribution is 7.19. The summed E-state index contributed by atoms with van der Waals surface area (Å²) >= 11 is 7.87. The van der Waals surface area contributed by atoms with Crippen LogP contribution < -0.4 is 10.1 Å². The number of nitrogens with one attached hydrogen (secondary N) is 1. The van der Waals surface area contributed by atoms with Crippen molar-refractivity contribution < 1.29 is 9.15 Å². The molecule has 0 aliphatic carbocycles. The number of anilines is 1. The third-order valence-corrected chi connectivity index (χ3v) is 5.54. The molecule has 4 aromatic rings. The Bertz CT molecular complexity index is 1030. The molecule has 0 aliphatic rings. The van der Waals surface area contributed by atoms with Crippen molar-refractivity contribution in [1.82, 2.24) is 4.98 Å². The van der Waals surface area contributed by atoms with Gasteiger partial charge in [-0.3, -0.25) is 0 Å². The maximum Gasteiger partial charge on any atom is 0.181 e. The monoisotopic (exact) mass is 384 g/mol. The molecule has 132 valence electrons. The summed E-state index contributed by atoms with van der Waals surface area (Å²) in [5, 5.41) is 5.43. The number of ether oxygens (including phenoxy) is 1. The molecule has 0 saturated heterocycles. The number of nitrogens with zero attached hydrogens (tertiary/aromatic N) is 1. The van der Waals surface area contributed by atoms with E-state index >= 15 is 0 Å². The molecule has 0 bridgehead atoms. The third kappa shape index (κ3) is 3.54. The van der Waals surface area contributed by atoms with E-state index in [4.69, 9.17) is 20.8 Å². The molecule has 2 heterocycles. The molecule has 0 amide bonds. The third-order valence-electron chi connectivity index (χ3n) is 4.13. The van der Waals surface area contributed by atoms with Crippen LogP contribution in [0.2, 0.25) is 5.02 Å². The van der Waals surface area contributed by atoms with Crippen molar-refractivity contribution in [2.45, 2.75) is 6.42 Å². The number of thiophene rings is 1. The van der Waals surface area contributed by atoms with Crippen LogP contribution in [-0.4, -0.2) is 18.6 Å². The number of hydrogen-bond donors (Lipinski definition) is 1. The predicted molar refractivity (Wildman–Crippen MR) is 108 cm³/mol. The van der Waals surface area contributed by atoms with Crippen LogP contribution in [-0.2, 0) is 6.42 Å². The summed E-state index contributed by atoms with van der Waals surface area (Å²) in [5.41, 5.74) is 1.89. The lowest BCUT2D eigenvalue weighted by Crippen LogP contribution is -2.04. The Morgan fingerprint density at radius 1 is 1.19 bits per heavy atom. The maximum absolute atomic E-state index is 6.06. The molecule has 0 atom stereocenters. The molecule has 0 spiro atoms. The highest BCUT2D eigenvalue weighted by atomic mass is 35.5. The van der Waals surface area contributed by atoms with Crippen molar-refractivity contribution in [2.24, 2.45) is 0 Å². The summed E-state index contributed by atoms with van der Waals surface area (Å²) in [6, 6.07) is 14.2. The van der Waals surface area contributed by atoms with E-state index in [0.29, 0.717) is 5.76 Å². The summed E-state index contributed by atoms with van der Waals surface area (Å²) in [6.45, 7) is 0.839. The van der Waals surface area contributed by atoms with Crippen molar-refractivity contribution >= 4 is 38.7 Å². The lowest BCUT2D eigenvalue weighted by Gasteiger charge is -2.10. The van der Waals surface area contributed by atoms with E-state index in [1.54, 1.807) is 24.6 Å². The van der Waals surface area contributed by atoms with Crippen molar-refractivity contribution in [2.75, 3.05) is 19.0 Å². The number of halogens is 1. The largest absolute Gasteiger partial charge is 0.496 e. The Morgan fingerprint density at radius 3 is 2.92 bits per heavy atom. The fourth-order valence-electron chi connectivity index (χ4n) is 2.88. The minimum atomic E-state index is 0.692. The molecule has 2 aromatic heterocycles. The number of aromatic nitrogens is 1. The van der Waals surface area contributed by atoms with Crippen molar-refractivity contribution in [3.05, 3.63) is 65.0 Å². The minimum Gasteiger partial charge on any atom is -0.496 e. The zero-order valence-corrected chi connectivity index (χ0v) is 15.7. The number of benzene rings is 2. The molecule has 0 fully saturated rings. The molecule has 26 heavy (non-hydrogen) atoms. The number of hydrogen-bond acceptors (Lipinski definition) is 5. The number of oxazole rings is 1. The molecule has 6 heteroatoms. The summed E-state index contributed by atoms with van der Waals surface area (Å²) in [5.74, 6) is 1.44. The normalized spacial score (nSPS) is 11.0. The van der Waals surface area contributed by atoms with Crippen LogP contribution in [0, 0.1) is 0 Å². The predicted octanol–water partition coefficient (Wildman–Crippen LogP) is 5.87. The second kappa shape index (κ2) is 7.40. The average Bonchev–Trinajstić information content (AvgIpc) is 3.30. The zero-order valence-electron chi connectivity index (χ0n) is 14.2. The summed E-state index contributed by atoms with van der Waals surface area (Å²) in [7, 11) is 1.65. The lowest BCUT2D eigenvalue weighted by atomic mass is 10.1. The first-order valence-electron chi connectivity index (χ1n) is 8.22. The van der Waals surface area contributed by atoms with Gasteiger partial charge in [0.25, 0.3) is 0 Å². The topological polar surface area (TPSA) is 47.3 Å². The zero-order chi connectivity index (χ0) is 17.9. The molecule has 0 aliphatic heterocycles. The van der Waals surface area contributed by atoms with Crippen LogP contribution >= 0.6 is 22.9 Å². The van der Waals surface area contributed by atoms with Gasteiger partial charge in [0.15, 0.2) is 12.2 Å². The van der Waals surface area contributed by atoms with Gasteiger partial charge in [0.05, 0.1) is 18.9 Å². The molecular formula is C20H17ClN2O2S. The molecular weight excluding hydrogens is 368 g/mol. The Morgan fingerprint density at radius 2 is 2.12 bits per heavy atom. The lowest BCUT2D eigenvalue weighted by molar-refractivity contribution is 0.415. The maximum atomic E-state index is 6.06. The van der Waals surface area contributed by atoms with Crippen LogP contribution in [0.5, 0.6) is 5.75 Å². The van der Waals surface area contributed by atoms with Crippen LogP contribution in [0.4, 0.5) is 5.69 Å². The fourth-order valence-corrected chi connectivity index (χ4v) is 4.10. The van der Waals surface area contributed by atoms with Gasteiger partial charge in [0.1, 0.15) is 5.75 Å². The minimum absolute atomic E-state index is 0.692. The standard InChI is InChI=1S/C20H17ClN2O2S/c1-24-18-10-15(3-4-17(18)19-11-22-12-25-19)23-7-6-16-9-13-8-14(21)2-5-20(13)26-16/h2-5,8-12,23H,6-7H2,1H3. The van der Waals surface area contributed by atoms with Crippen molar-refractivity contribution in [1.29, 1.82) is 0 Å². The van der Waals surface area contributed by atoms with Gasteiger partial charge in [-0.15, -0.1) is 11.3 Å². The smallest absolute Gasteiger partial charge is 0.181 e. The number of fused-ring (bicyclic) bond motifs is 1. The summed E-state index contributed by atoms with van der Waals surface area (Å²) in [6.07, 6.45) is 4.04. The van der Waals surface area contributed by atoms with E-state index in [-0.39, 0.29) is 0 Å². The van der Waals surface area contributed by atoms with Crippen LogP contribution in [0.25, 0.3) is 21.4 Å². The van der Waals surface area contributed by atoms with Gasteiger partial charge in [-0.1, -0.05) is 11.6 Å². The Kier molecular flexibility index (Phi) is 4.82. The van der Waals surface area contributed by atoms with Crippen LogP contribution in [0.3, 0.4) is 0 Å². The molecule has 4 rings (SSSR count). The Hall–Kier alpha value is -2.50. The van der Waals surface area contributed by atoms with Gasteiger partial charge in [-0.25, -0.2) is 4.98 Å². The van der Waals surface area contributed by atoms with Gasteiger partial charge in [0.2, 0.25) is 0 Å². The van der Waals surface area contributed by atoms with Crippen molar-refractivity contribution in [3.8, 4) is 17.1 Å². The second-order valence-electron chi connectivity index (χ2n) is 5.85. The summed E-state index contributed by atoms with van der Waals surface area (Å²) in [4.78, 5) is 5.29. The van der Waals surface area contributed by atoms with Crippen LogP contribution in [0.15, 0.2) is 59.5 Å². The number of methoxy groups -OCH3 is 1. The Labute approximate surface area is 160 Å². The number of rotatable bonds is 6. The fraction of sp³-hybridized carbons (Fsp3) is 0.150. The highest BCUT2D eigenvalue weighted by Crippen LogP contribution is 2.32. The highest BCUT2D eigenvalue weighted by Gasteiger charge is 2.10. The quantitative estimate of drug-likeness (QED) is 0.451. The first kappa shape index (κ1) is 16.9. The molecule has 1 N–H and O–H groups in total. The SMILES string of the molecule is COc1cc(NCCc2cc3cc(Cl)ccc3s2)ccc1-c1cnco1. The molecule has 2 aromatic carbocycles. The summed E-state index contributed by atoms with van der Waals surface area (Å²) < 4.78 is 12.1. The van der Waals surface area contributed by atoms with E-state index < -0.39 is 0 Å². The van der Waals surface area contributed by atoms with Crippen molar-refractivity contribution in [3.63, 3.8) is 0 Å². The van der Waals surface area contributed by atoms with Crippen LogP contribution in [0.1, 0.15) is 4.88 Å². The molecule has 0 radical (unpaired) electrons. The van der Waals surface area contributed by atoms with E-state index in [1.807, 2.05) is 30.3 Å². The average molecular weight is 385 g/mol. The molecule has 0 unspecified atom stereocenters. The Balaban J connectivity index is 1.44. The van der Waals surface area contributed by atoms with Gasteiger partial charge >= 0.3 is 0 Å². The van der Waals surface area contributed by atoms with E-state index in [9.17, 15) is 0 Å². The van der Waals surface area contributed by atoms with E-state index in [2.05, 4.69) is 22.4 Å². The first-order valence-corrected chi connectivity index (χ1v) is 9.41. The van der Waals surface area contributed by atoms with Gasteiger partial charge in [0, 0.05) is 32.9 Å². The molecule has 0 saturated carbocycles. The van der Waals surface area contributed by atoms with E-state index in [0.717, 1.165) is 35.0 Å². The van der Waals surface area contributed by atoms with Gasteiger partial charge < -0.3 is 14.5 Å².